The van der Waals surface area contributed by atoms with Crippen molar-refractivity contribution >= 4 is 23.4 Å². The second kappa shape index (κ2) is 10.3. The van der Waals surface area contributed by atoms with Crippen LogP contribution in [0.4, 0.5) is 16.2 Å². The van der Waals surface area contributed by atoms with E-state index < -0.39 is 6.09 Å². The van der Waals surface area contributed by atoms with Gasteiger partial charge in [-0.05, 0) is 41.8 Å². The number of amides is 2. The van der Waals surface area contributed by atoms with Crippen LogP contribution in [0.25, 0.3) is 0 Å². The number of anilines is 2. The summed E-state index contributed by atoms with van der Waals surface area (Å²) in [7, 11) is 1.55. The predicted octanol–water partition coefficient (Wildman–Crippen LogP) is 4.07. The lowest BCUT2D eigenvalue weighted by atomic mass is 10.0. The van der Waals surface area contributed by atoms with E-state index in [0.717, 1.165) is 23.2 Å². The van der Waals surface area contributed by atoms with Crippen molar-refractivity contribution in [3.05, 3.63) is 59.7 Å². The van der Waals surface area contributed by atoms with Crippen LogP contribution in [0, 0.1) is 5.92 Å². The summed E-state index contributed by atoms with van der Waals surface area (Å²) in [5.74, 6) is -0.0411. The first-order chi connectivity index (χ1) is 13.0. The third kappa shape index (κ3) is 7.11. The van der Waals surface area contributed by atoms with Crippen LogP contribution in [-0.2, 0) is 20.7 Å². The van der Waals surface area contributed by atoms with Crippen LogP contribution in [0.15, 0.2) is 48.5 Å². The lowest BCUT2D eigenvalue weighted by Gasteiger charge is -2.09. The minimum absolute atomic E-state index is 0.00610. The van der Waals surface area contributed by atoms with Crippen molar-refractivity contribution < 1.29 is 19.1 Å². The molecule has 0 saturated heterocycles. The van der Waals surface area contributed by atoms with E-state index >= 15 is 0 Å². The average Bonchev–Trinajstić information content (AvgIpc) is 2.65. The van der Waals surface area contributed by atoms with Gasteiger partial charge in [-0.1, -0.05) is 38.1 Å². The second-order valence-corrected chi connectivity index (χ2v) is 6.47. The monoisotopic (exact) mass is 370 g/mol. The standard InChI is InChI=1S/C21H26N2O4/c1-15(2)20(24)22-18-8-4-16(5-9-18)14-17-6-10-19(11-7-17)23-21(25)27-13-12-26-3/h4-11,15H,12-14H2,1-3H3,(H,22,24)(H,23,25). The van der Waals surface area contributed by atoms with Crippen molar-refractivity contribution in [2.24, 2.45) is 5.92 Å². The third-order valence-electron chi connectivity index (χ3n) is 3.88. The van der Waals surface area contributed by atoms with E-state index in [1.54, 1.807) is 7.11 Å². The number of hydrogen-bond donors (Lipinski definition) is 2. The summed E-state index contributed by atoms with van der Waals surface area (Å²) in [6.07, 6.45) is 0.260. The molecule has 27 heavy (non-hydrogen) atoms. The van der Waals surface area contributed by atoms with Crippen LogP contribution in [0.1, 0.15) is 25.0 Å². The highest BCUT2D eigenvalue weighted by Crippen LogP contribution is 2.16. The van der Waals surface area contributed by atoms with E-state index in [-0.39, 0.29) is 18.4 Å². The molecule has 0 heterocycles. The molecule has 2 amide bonds. The molecule has 0 aliphatic carbocycles. The number of nitrogens with one attached hydrogen (secondary N) is 2. The fraction of sp³-hybridized carbons (Fsp3) is 0.333. The van der Waals surface area contributed by atoms with Crippen molar-refractivity contribution in [1.82, 2.24) is 0 Å². The summed E-state index contributed by atoms with van der Waals surface area (Å²) in [5, 5.41) is 5.55. The molecule has 0 aromatic heterocycles. The molecule has 6 nitrogen and oxygen atoms in total. The van der Waals surface area contributed by atoms with Crippen LogP contribution >= 0.6 is 0 Å². The number of ether oxygens (including phenoxy) is 2. The fourth-order valence-corrected chi connectivity index (χ4v) is 2.31. The van der Waals surface area contributed by atoms with E-state index in [1.807, 2.05) is 62.4 Å². The Morgan fingerprint density at radius 2 is 1.37 bits per heavy atom. The van der Waals surface area contributed by atoms with E-state index in [9.17, 15) is 9.59 Å². The first-order valence-electron chi connectivity index (χ1n) is 8.89. The van der Waals surface area contributed by atoms with E-state index in [0.29, 0.717) is 12.3 Å². The number of carbonyl (C=O) groups excluding carboxylic acids is 2. The number of benzene rings is 2. The largest absolute Gasteiger partial charge is 0.447 e. The van der Waals surface area contributed by atoms with E-state index in [2.05, 4.69) is 10.6 Å². The fourth-order valence-electron chi connectivity index (χ4n) is 2.31. The molecule has 0 atom stereocenters. The van der Waals surface area contributed by atoms with Gasteiger partial charge in [-0.15, -0.1) is 0 Å². The highest BCUT2D eigenvalue weighted by atomic mass is 16.6. The van der Waals surface area contributed by atoms with Gasteiger partial charge in [-0.2, -0.15) is 0 Å². The summed E-state index contributed by atoms with van der Waals surface area (Å²) in [4.78, 5) is 23.3. The van der Waals surface area contributed by atoms with Crippen molar-refractivity contribution in [2.45, 2.75) is 20.3 Å². The zero-order valence-corrected chi connectivity index (χ0v) is 16.0. The maximum Gasteiger partial charge on any atom is 0.411 e. The lowest BCUT2D eigenvalue weighted by Crippen LogP contribution is -2.17. The van der Waals surface area contributed by atoms with E-state index in [1.165, 1.54) is 0 Å². The lowest BCUT2D eigenvalue weighted by molar-refractivity contribution is -0.118. The van der Waals surface area contributed by atoms with Gasteiger partial charge in [0, 0.05) is 24.4 Å². The molecule has 0 saturated carbocycles. The van der Waals surface area contributed by atoms with Crippen LogP contribution in [-0.4, -0.2) is 32.3 Å². The smallest absolute Gasteiger partial charge is 0.411 e. The van der Waals surface area contributed by atoms with Gasteiger partial charge in [-0.25, -0.2) is 4.79 Å². The van der Waals surface area contributed by atoms with Crippen LogP contribution in [0.5, 0.6) is 0 Å². The van der Waals surface area contributed by atoms with Gasteiger partial charge in [-0.3, -0.25) is 10.1 Å². The maximum absolute atomic E-state index is 11.7. The first kappa shape index (κ1) is 20.5. The Morgan fingerprint density at radius 1 is 0.852 bits per heavy atom. The van der Waals surface area contributed by atoms with Crippen LogP contribution in [0.2, 0.25) is 0 Å². The van der Waals surface area contributed by atoms with Gasteiger partial charge in [0.1, 0.15) is 6.61 Å². The highest BCUT2D eigenvalue weighted by molar-refractivity contribution is 5.92. The average molecular weight is 370 g/mol. The molecule has 0 unspecified atom stereocenters. The normalized spacial score (nSPS) is 10.5. The number of hydrogen-bond acceptors (Lipinski definition) is 4. The molecular weight excluding hydrogens is 344 g/mol. The van der Waals surface area contributed by atoms with Gasteiger partial charge in [0.2, 0.25) is 5.91 Å². The number of rotatable bonds is 8. The maximum atomic E-state index is 11.7. The van der Waals surface area contributed by atoms with Gasteiger partial charge >= 0.3 is 6.09 Å². The minimum Gasteiger partial charge on any atom is -0.447 e. The molecule has 2 N–H and O–H groups in total. The minimum atomic E-state index is -0.501. The Labute approximate surface area is 159 Å². The molecule has 2 rings (SSSR count). The Morgan fingerprint density at radius 3 is 1.85 bits per heavy atom. The molecule has 144 valence electrons. The molecular formula is C21H26N2O4. The second-order valence-electron chi connectivity index (χ2n) is 6.47. The highest BCUT2D eigenvalue weighted by Gasteiger charge is 2.07. The molecule has 0 aliphatic heterocycles. The van der Waals surface area contributed by atoms with Crippen LogP contribution < -0.4 is 10.6 Å². The Balaban J connectivity index is 1.87. The quantitative estimate of drug-likeness (QED) is 0.687. The van der Waals surface area contributed by atoms with Crippen LogP contribution in [0.3, 0.4) is 0 Å². The molecule has 0 bridgehead atoms. The molecule has 0 radical (unpaired) electrons. The topological polar surface area (TPSA) is 76.7 Å². The van der Waals surface area contributed by atoms with Crippen molar-refractivity contribution in [2.75, 3.05) is 31.0 Å². The summed E-state index contributed by atoms with van der Waals surface area (Å²) in [6, 6.07) is 15.4. The summed E-state index contributed by atoms with van der Waals surface area (Å²) < 4.78 is 9.79. The summed E-state index contributed by atoms with van der Waals surface area (Å²) in [6.45, 7) is 4.31. The van der Waals surface area contributed by atoms with Crippen molar-refractivity contribution in [3.8, 4) is 0 Å². The van der Waals surface area contributed by atoms with Crippen molar-refractivity contribution in [3.63, 3.8) is 0 Å². The summed E-state index contributed by atoms with van der Waals surface area (Å²) in [5.41, 5.74) is 3.72. The Bertz CT molecular complexity index is 740. The van der Waals surface area contributed by atoms with Crippen molar-refractivity contribution in [1.29, 1.82) is 0 Å². The van der Waals surface area contributed by atoms with Gasteiger partial charge < -0.3 is 14.8 Å². The zero-order valence-electron chi connectivity index (χ0n) is 16.0. The molecule has 2 aromatic carbocycles. The van der Waals surface area contributed by atoms with Gasteiger partial charge in [0.25, 0.3) is 0 Å². The zero-order chi connectivity index (χ0) is 19.6. The number of methoxy groups -OCH3 is 1. The SMILES string of the molecule is COCCOC(=O)Nc1ccc(Cc2ccc(NC(=O)C(C)C)cc2)cc1. The van der Waals surface area contributed by atoms with Gasteiger partial charge in [0.05, 0.1) is 6.61 Å². The molecule has 2 aromatic rings. The molecule has 6 heteroatoms. The Hall–Kier alpha value is -2.86. The number of carbonyl (C=O) groups is 2. The molecule has 0 aliphatic rings. The predicted molar refractivity (Wildman–Crippen MR) is 106 cm³/mol. The first-order valence-corrected chi connectivity index (χ1v) is 8.89. The van der Waals surface area contributed by atoms with E-state index in [4.69, 9.17) is 9.47 Å². The Kier molecular flexibility index (Phi) is 7.82. The summed E-state index contributed by atoms with van der Waals surface area (Å²) >= 11 is 0. The molecule has 0 spiro atoms. The van der Waals surface area contributed by atoms with Gasteiger partial charge in [0.15, 0.2) is 0 Å². The molecule has 0 fully saturated rings. The third-order valence-corrected chi connectivity index (χ3v) is 3.88.